The van der Waals surface area contributed by atoms with E-state index in [2.05, 4.69) is 4.98 Å². The van der Waals surface area contributed by atoms with Gasteiger partial charge in [0.2, 0.25) is 0 Å². The number of aryl methyl sites for hydroxylation is 1. The third-order valence-corrected chi connectivity index (χ3v) is 4.37. The number of rotatable bonds is 3. The van der Waals surface area contributed by atoms with Crippen molar-refractivity contribution in [1.82, 2.24) is 9.71 Å². The summed E-state index contributed by atoms with van der Waals surface area (Å²) in [7, 11) is -3.72. The van der Waals surface area contributed by atoms with Crippen LogP contribution in [0.5, 0.6) is 0 Å². The first-order valence-electron chi connectivity index (χ1n) is 3.53. The second-order valence-electron chi connectivity index (χ2n) is 2.41. The average molecular weight is 233 g/mol. The molecule has 0 aliphatic heterocycles. The van der Waals surface area contributed by atoms with Crippen molar-refractivity contribution in [3.05, 3.63) is 15.4 Å². The largest absolute Gasteiger partial charge is 0.315 e. The van der Waals surface area contributed by atoms with E-state index < -0.39 is 14.9 Å². The molecular weight excluding hydrogens is 226 g/mol. The number of nitriles is 1. The molecular formula is C6H7N3O3S2. The highest BCUT2D eigenvalue weighted by Crippen LogP contribution is 2.14. The number of hydrogen-bond acceptors (Lipinski definition) is 5. The van der Waals surface area contributed by atoms with Crippen LogP contribution in [0.3, 0.4) is 0 Å². The van der Waals surface area contributed by atoms with E-state index in [4.69, 9.17) is 5.26 Å². The minimum Gasteiger partial charge on any atom is -0.315 e. The molecule has 1 aromatic heterocycles. The monoisotopic (exact) mass is 233 g/mol. The Hall–Kier alpha value is -1.17. The molecule has 8 heteroatoms. The van der Waals surface area contributed by atoms with Crippen LogP contribution in [-0.4, -0.2) is 19.9 Å². The average Bonchev–Trinajstić information content (AvgIpc) is 2.42. The van der Waals surface area contributed by atoms with Crippen molar-refractivity contribution in [2.45, 2.75) is 11.1 Å². The first-order valence-corrected chi connectivity index (χ1v) is 5.83. The van der Waals surface area contributed by atoms with Gasteiger partial charge in [0.05, 0.1) is 12.6 Å². The first kappa shape index (κ1) is 10.9. The van der Waals surface area contributed by atoms with E-state index in [0.717, 1.165) is 0 Å². The molecule has 0 fully saturated rings. The summed E-state index contributed by atoms with van der Waals surface area (Å²) in [5.74, 6) is 0. The van der Waals surface area contributed by atoms with Crippen LogP contribution in [0, 0.1) is 18.3 Å². The predicted octanol–water partition coefficient (Wildman–Crippen LogP) is -0.453. The summed E-state index contributed by atoms with van der Waals surface area (Å²) < 4.78 is 24.8. The van der Waals surface area contributed by atoms with Gasteiger partial charge < -0.3 is 4.98 Å². The van der Waals surface area contributed by atoms with Crippen molar-refractivity contribution in [3.63, 3.8) is 0 Å². The van der Waals surface area contributed by atoms with Crippen molar-refractivity contribution in [2.24, 2.45) is 0 Å². The van der Waals surface area contributed by atoms with Gasteiger partial charge in [0.15, 0.2) is 4.21 Å². The Morgan fingerprint density at radius 1 is 1.64 bits per heavy atom. The van der Waals surface area contributed by atoms with E-state index in [-0.39, 0.29) is 16.4 Å². The van der Waals surface area contributed by atoms with E-state index >= 15 is 0 Å². The van der Waals surface area contributed by atoms with Crippen molar-refractivity contribution in [1.29, 1.82) is 5.26 Å². The zero-order valence-electron chi connectivity index (χ0n) is 7.20. The molecule has 0 saturated carbocycles. The first-order chi connectivity index (χ1) is 6.47. The van der Waals surface area contributed by atoms with Crippen LogP contribution in [0.4, 0.5) is 0 Å². The summed E-state index contributed by atoms with van der Waals surface area (Å²) in [5, 5.41) is 8.21. The molecule has 6 nitrogen and oxygen atoms in total. The second-order valence-corrected chi connectivity index (χ2v) is 5.36. The topological polar surface area (TPSA) is 103 Å². The van der Waals surface area contributed by atoms with Gasteiger partial charge in [-0.15, -0.1) is 0 Å². The second kappa shape index (κ2) is 3.91. The summed E-state index contributed by atoms with van der Waals surface area (Å²) in [6.45, 7) is 1.17. The normalized spacial score (nSPS) is 11.1. The molecule has 0 bridgehead atoms. The standard InChI is InChI=1S/C6H7N3O3S2/c1-4-5(13-6(10)9-4)14(11,12)8-3-2-7/h8H,3H2,1H3,(H,9,10). The number of nitrogens with one attached hydrogen (secondary N) is 2. The maximum atomic E-state index is 11.4. The smallest absolute Gasteiger partial charge is 0.305 e. The third kappa shape index (κ3) is 2.20. The molecule has 14 heavy (non-hydrogen) atoms. The van der Waals surface area contributed by atoms with Crippen LogP contribution in [0.25, 0.3) is 0 Å². The zero-order chi connectivity index (χ0) is 10.8. The van der Waals surface area contributed by atoms with Crippen LogP contribution in [0.15, 0.2) is 9.00 Å². The fourth-order valence-electron chi connectivity index (χ4n) is 0.840. The fraction of sp³-hybridized carbons (Fsp3) is 0.333. The van der Waals surface area contributed by atoms with Crippen molar-refractivity contribution < 1.29 is 8.42 Å². The Morgan fingerprint density at radius 3 is 2.71 bits per heavy atom. The number of nitrogens with zero attached hydrogens (tertiary/aromatic N) is 1. The minimum absolute atomic E-state index is 0.0715. The van der Waals surface area contributed by atoms with Gasteiger partial charge in [-0.3, -0.25) is 4.79 Å². The summed E-state index contributed by atoms with van der Waals surface area (Å²) in [4.78, 5) is 12.8. The fourth-order valence-corrected chi connectivity index (χ4v) is 3.10. The summed E-state index contributed by atoms with van der Waals surface area (Å²) in [5.41, 5.74) is 0.283. The van der Waals surface area contributed by atoms with Gasteiger partial charge in [-0.1, -0.05) is 11.3 Å². The maximum Gasteiger partial charge on any atom is 0.305 e. The van der Waals surface area contributed by atoms with E-state index in [0.29, 0.717) is 11.3 Å². The van der Waals surface area contributed by atoms with E-state index in [1.165, 1.54) is 6.92 Å². The maximum absolute atomic E-state index is 11.4. The molecule has 1 aromatic rings. The molecule has 1 rings (SSSR count). The quantitative estimate of drug-likeness (QED) is 0.690. The van der Waals surface area contributed by atoms with Crippen molar-refractivity contribution >= 4 is 21.4 Å². The molecule has 0 aromatic carbocycles. The molecule has 0 aliphatic rings. The SMILES string of the molecule is Cc1[nH]c(=O)sc1S(=O)(=O)NCC#N. The number of thiazole rings is 1. The molecule has 2 N–H and O–H groups in total. The Labute approximate surface area is 84.3 Å². The Bertz CT molecular complexity index is 519. The van der Waals surface area contributed by atoms with Gasteiger partial charge in [-0.2, -0.15) is 9.98 Å². The highest BCUT2D eigenvalue weighted by atomic mass is 32.2. The van der Waals surface area contributed by atoms with E-state index in [1.54, 1.807) is 6.07 Å². The lowest BCUT2D eigenvalue weighted by molar-refractivity contribution is 0.587. The molecule has 0 unspecified atom stereocenters. The number of hydrogen-bond donors (Lipinski definition) is 2. The van der Waals surface area contributed by atoms with Crippen LogP contribution >= 0.6 is 11.3 Å². The Kier molecular flexibility index (Phi) is 3.05. The lowest BCUT2D eigenvalue weighted by atomic mass is 10.6. The summed E-state index contributed by atoms with van der Waals surface area (Å²) in [6.07, 6.45) is 0. The third-order valence-electron chi connectivity index (χ3n) is 1.37. The lowest BCUT2D eigenvalue weighted by Gasteiger charge is -1.99. The predicted molar refractivity (Wildman–Crippen MR) is 50.5 cm³/mol. The zero-order valence-corrected chi connectivity index (χ0v) is 8.83. The van der Waals surface area contributed by atoms with Gasteiger partial charge in [0.25, 0.3) is 10.0 Å². The van der Waals surface area contributed by atoms with E-state index in [1.807, 2.05) is 4.72 Å². The van der Waals surface area contributed by atoms with E-state index in [9.17, 15) is 13.2 Å². The van der Waals surface area contributed by atoms with Crippen molar-refractivity contribution in [2.75, 3.05) is 6.54 Å². The van der Waals surface area contributed by atoms with Gasteiger partial charge in [0, 0.05) is 5.69 Å². The van der Waals surface area contributed by atoms with Gasteiger partial charge >= 0.3 is 4.87 Å². The van der Waals surface area contributed by atoms with Crippen molar-refractivity contribution in [3.8, 4) is 6.07 Å². The van der Waals surface area contributed by atoms with Crippen LogP contribution in [-0.2, 0) is 10.0 Å². The molecule has 76 valence electrons. The van der Waals surface area contributed by atoms with Gasteiger partial charge in [-0.25, -0.2) is 8.42 Å². The number of H-pyrrole nitrogens is 1. The highest BCUT2D eigenvalue weighted by molar-refractivity contribution is 7.91. The Balaban J connectivity index is 3.12. The summed E-state index contributed by atoms with van der Waals surface area (Å²) in [6, 6.07) is 1.65. The van der Waals surface area contributed by atoms with Gasteiger partial charge in [-0.05, 0) is 6.92 Å². The minimum atomic E-state index is -3.72. The number of aromatic nitrogens is 1. The molecule has 0 spiro atoms. The van der Waals surface area contributed by atoms with Crippen LogP contribution < -0.4 is 9.60 Å². The van der Waals surface area contributed by atoms with Crippen LogP contribution in [0.1, 0.15) is 5.69 Å². The molecule has 0 atom stereocenters. The Morgan fingerprint density at radius 2 is 2.29 bits per heavy atom. The van der Waals surface area contributed by atoms with Crippen LogP contribution in [0.2, 0.25) is 0 Å². The molecule has 0 aliphatic carbocycles. The molecule has 0 radical (unpaired) electrons. The molecule has 1 heterocycles. The number of sulfonamides is 1. The summed E-state index contributed by atoms with van der Waals surface area (Å²) >= 11 is 0.601. The molecule has 0 amide bonds. The highest BCUT2D eigenvalue weighted by Gasteiger charge is 2.19. The van der Waals surface area contributed by atoms with Gasteiger partial charge in [0.1, 0.15) is 0 Å². The lowest BCUT2D eigenvalue weighted by Crippen LogP contribution is -2.23. The number of aromatic amines is 1. The molecule has 0 saturated heterocycles.